The van der Waals surface area contributed by atoms with E-state index in [-0.39, 0.29) is 0 Å². The van der Waals surface area contributed by atoms with Crippen LogP contribution >= 0.6 is 0 Å². The molecular formula is C30H39N5. The minimum atomic E-state index is 0.910. The van der Waals surface area contributed by atoms with Gasteiger partial charge in [-0.1, -0.05) is 72.8 Å². The predicted molar refractivity (Wildman–Crippen MR) is 150 cm³/mol. The summed E-state index contributed by atoms with van der Waals surface area (Å²) in [5.41, 5.74) is 2.67. The van der Waals surface area contributed by atoms with Gasteiger partial charge in [0.2, 0.25) is 0 Å². The molecule has 35 heavy (non-hydrogen) atoms. The van der Waals surface area contributed by atoms with Gasteiger partial charge in [0.05, 0.1) is 0 Å². The Morgan fingerprint density at radius 2 is 0.686 bits per heavy atom. The molecule has 4 aromatic carbocycles. The lowest BCUT2D eigenvalue weighted by atomic mass is 10.1. The molecule has 5 N–H and O–H groups in total. The van der Waals surface area contributed by atoms with Crippen LogP contribution in [0.15, 0.2) is 84.9 Å². The molecule has 5 heteroatoms. The zero-order valence-electron chi connectivity index (χ0n) is 20.7. The van der Waals surface area contributed by atoms with E-state index in [0.29, 0.717) is 0 Å². The number of hydrogen-bond donors (Lipinski definition) is 5. The van der Waals surface area contributed by atoms with Gasteiger partial charge in [-0.15, -0.1) is 0 Å². The Morgan fingerprint density at radius 3 is 1.09 bits per heavy atom. The van der Waals surface area contributed by atoms with Gasteiger partial charge in [0.1, 0.15) is 0 Å². The van der Waals surface area contributed by atoms with Crippen molar-refractivity contribution in [2.75, 3.05) is 52.4 Å². The lowest BCUT2D eigenvalue weighted by Crippen LogP contribution is -2.36. The van der Waals surface area contributed by atoms with Gasteiger partial charge in [-0.05, 0) is 44.8 Å². The molecule has 4 aromatic rings. The van der Waals surface area contributed by atoms with Crippen molar-refractivity contribution in [3.63, 3.8) is 0 Å². The topological polar surface area (TPSA) is 60.1 Å². The average Bonchev–Trinajstić information content (AvgIpc) is 2.90. The molecule has 0 bridgehead atoms. The Labute approximate surface area is 209 Å². The largest absolute Gasteiger partial charge is 0.314 e. The summed E-state index contributed by atoms with van der Waals surface area (Å²) in [6.45, 7) is 9.70. The highest BCUT2D eigenvalue weighted by Gasteiger charge is 1.98. The van der Waals surface area contributed by atoms with E-state index in [1.807, 2.05) is 0 Å². The number of hydrogen-bond acceptors (Lipinski definition) is 5. The monoisotopic (exact) mass is 469 g/mol. The molecule has 0 unspecified atom stereocenters. The highest BCUT2D eigenvalue weighted by Crippen LogP contribution is 2.16. The smallest absolute Gasteiger partial charge is 0.0206 e. The summed E-state index contributed by atoms with van der Waals surface area (Å²) in [5.74, 6) is 0. The van der Waals surface area contributed by atoms with Crippen molar-refractivity contribution in [3.8, 4) is 0 Å². The van der Waals surface area contributed by atoms with Gasteiger partial charge in [0, 0.05) is 65.4 Å². The summed E-state index contributed by atoms with van der Waals surface area (Å²) >= 11 is 0. The van der Waals surface area contributed by atoms with Crippen molar-refractivity contribution < 1.29 is 0 Å². The molecule has 0 aliphatic rings. The van der Waals surface area contributed by atoms with Gasteiger partial charge >= 0.3 is 0 Å². The van der Waals surface area contributed by atoms with Crippen molar-refractivity contribution in [1.29, 1.82) is 0 Å². The third-order valence-electron chi connectivity index (χ3n) is 6.20. The SMILES string of the molecule is c1ccc2cc(CNCCNCCNCCNCCNCc3ccc4ccccc4c3)ccc2c1. The summed E-state index contributed by atoms with van der Waals surface area (Å²) in [6.07, 6.45) is 0. The molecule has 0 saturated heterocycles. The van der Waals surface area contributed by atoms with E-state index >= 15 is 0 Å². The lowest BCUT2D eigenvalue weighted by Gasteiger charge is -2.10. The molecule has 4 rings (SSSR count). The molecule has 184 valence electrons. The zero-order valence-corrected chi connectivity index (χ0v) is 20.7. The standard InChI is InChI=1S/C30H39N5/c1-3-7-29-21-25(9-11-27(29)5-1)23-34-19-17-32-15-13-31-14-16-33-18-20-35-24-26-10-12-28-6-2-4-8-30(28)22-26/h1-12,21-22,31-35H,13-20,23-24H2. The van der Waals surface area contributed by atoms with E-state index in [1.54, 1.807) is 0 Å². The van der Waals surface area contributed by atoms with Crippen molar-refractivity contribution in [2.45, 2.75) is 13.1 Å². The van der Waals surface area contributed by atoms with Gasteiger partial charge in [0.25, 0.3) is 0 Å². The maximum Gasteiger partial charge on any atom is 0.0206 e. The molecule has 0 atom stereocenters. The van der Waals surface area contributed by atoms with Crippen LogP contribution in [0, 0.1) is 0 Å². The second-order valence-electron chi connectivity index (χ2n) is 8.97. The van der Waals surface area contributed by atoms with Crippen LogP contribution in [0.25, 0.3) is 21.5 Å². The van der Waals surface area contributed by atoms with Crippen LogP contribution in [0.1, 0.15) is 11.1 Å². The quantitative estimate of drug-likeness (QED) is 0.162. The molecule has 5 nitrogen and oxygen atoms in total. The molecule has 0 aromatic heterocycles. The van der Waals surface area contributed by atoms with E-state index in [0.717, 1.165) is 65.4 Å². The summed E-state index contributed by atoms with van der Waals surface area (Å²) < 4.78 is 0. The van der Waals surface area contributed by atoms with Crippen LogP contribution in [-0.2, 0) is 13.1 Å². The number of fused-ring (bicyclic) bond motifs is 2. The molecule has 0 fully saturated rings. The summed E-state index contributed by atoms with van der Waals surface area (Å²) in [6, 6.07) is 30.4. The second kappa shape index (κ2) is 14.6. The number of nitrogens with one attached hydrogen (secondary N) is 5. The van der Waals surface area contributed by atoms with Gasteiger partial charge < -0.3 is 26.6 Å². The van der Waals surface area contributed by atoms with E-state index in [9.17, 15) is 0 Å². The maximum atomic E-state index is 3.52. The van der Waals surface area contributed by atoms with Gasteiger partial charge in [-0.3, -0.25) is 0 Å². The van der Waals surface area contributed by atoms with Gasteiger partial charge in [-0.25, -0.2) is 0 Å². The minimum absolute atomic E-state index is 0.910. The summed E-state index contributed by atoms with van der Waals surface area (Å²) in [5, 5.41) is 22.7. The first-order chi connectivity index (χ1) is 17.4. The lowest BCUT2D eigenvalue weighted by molar-refractivity contribution is 0.557. The highest BCUT2D eigenvalue weighted by atomic mass is 15.0. The molecule has 0 aliphatic carbocycles. The number of rotatable bonds is 16. The van der Waals surface area contributed by atoms with Crippen LogP contribution in [-0.4, -0.2) is 52.4 Å². The van der Waals surface area contributed by atoms with Crippen molar-refractivity contribution in [2.24, 2.45) is 0 Å². The van der Waals surface area contributed by atoms with Crippen LogP contribution in [0.5, 0.6) is 0 Å². The van der Waals surface area contributed by atoms with E-state index in [2.05, 4.69) is 112 Å². The zero-order chi connectivity index (χ0) is 24.0. The first kappa shape index (κ1) is 25.3. The summed E-state index contributed by atoms with van der Waals surface area (Å²) in [4.78, 5) is 0. The fraction of sp³-hybridized carbons (Fsp3) is 0.333. The van der Waals surface area contributed by atoms with Gasteiger partial charge in [-0.2, -0.15) is 0 Å². The van der Waals surface area contributed by atoms with E-state index in [1.165, 1.54) is 32.7 Å². The molecule has 0 amide bonds. The molecular weight excluding hydrogens is 430 g/mol. The van der Waals surface area contributed by atoms with Crippen molar-refractivity contribution in [1.82, 2.24) is 26.6 Å². The molecule has 0 heterocycles. The van der Waals surface area contributed by atoms with Crippen LogP contribution in [0.2, 0.25) is 0 Å². The fourth-order valence-corrected chi connectivity index (χ4v) is 4.25. The first-order valence-corrected chi connectivity index (χ1v) is 12.9. The third-order valence-corrected chi connectivity index (χ3v) is 6.20. The van der Waals surface area contributed by atoms with Crippen LogP contribution < -0.4 is 26.6 Å². The van der Waals surface area contributed by atoms with Crippen molar-refractivity contribution >= 4 is 21.5 Å². The Balaban J connectivity index is 0.927. The molecule has 0 radical (unpaired) electrons. The van der Waals surface area contributed by atoms with Gasteiger partial charge in [0.15, 0.2) is 0 Å². The molecule has 0 spiro atoms. The predicted octanol–water partition coefficient (Wildman–Crippen LogP) is 3.64. The third kappa shape index (κ3) is 8.73. The normalized spacial score (nSPS) is 11.4. The van der Waals surface area contributed by atoms with Crippen LogP contribution in [0.4, 0.5) is 0 Å². The van der Waals surface area contributed by atoms with E-state index < -0.39 is 0 Å². The Hall–Kier alpha value is -2.80. The highest BCUT2D eigenvalue weighted by molar-refractivity contribution is 5.83. The van der Waals surface area contributed by atoms with Crippen LogP contribution in [0.3, 0.4) is 0 Å². The first-order valence-electron chi connectivity index (χ1n) is 12.9. The van der Waals surface area contributed by atoms with Crippen molar-refractivity contribution in [3.05, 3.63) is 96.1 Å². The van der Waals surface area contributed by atoms with E-state index in [4.69, 9.17) is 0 Å². The second-order valence-corrected chi connectivity index (χ2v) is 8.97. The Kier molecular flexibility index (Phi) is 10.5. The Morgan fingerprint density at radius 1 is 0.343 bits per heavy atom. The molecule has 0 saturated carbocycles. The average molecular weight is 470 g/mol. The fourth-order valence-electron chi connectivity index (χ4n) is 4.25. The maximum absolute atomic E-state index is 3.52. The molecule has 0 aliphatic heterocycles. The summed E-state index contributed by atoms with van der Waals surface area (Å²) in [7, 11) is 0. The Bertz CT molecular complexity index is 1070. The number of benzene rings is 4. The minimum Gasteiger partial charge on any atom is -0.314 e.